The second kappa shape index (κ2) is 9.71. The molecule has 16 heteroatoms. The summed E-state index contributed by atoms with van der Waals surface area (Å²) in [6.07, 6.45) is 4.81. The van der Waals surface area contributed by atoms with Crippen molar-refractivity contribution in [2.45, 2.75) is 18.0 Å². The highest BCUT2D eigenvalue weighted by Gasteiger charge is 2.54. The molecule has 2 unspecified atom stereocenters. The number of allylic oxidation sites excluding steroid dienone is 2. The number of nitrogens with two attached hydrogens (primary N) is 1. The number of hydrogen-bond acceptors (Lipinski definition) is 12. The van der Waals surface area contributed by atoms with Gasteiger partial charge in [0.15, 0.2) is 22.3 Å². The number of thioether (sulfide) groups is 1. The van der Waals surface area contributed by atoms with Gasteiger partial charge < -0.3 is 36.1 Å². The third kappa shape index (κ3) is 4.28. The number of hydrogen-bond donors (Lipinski definition) is 6. The first-order valence-corrected chi connectivity index (χ1v) is 12.8. The summed E-state index contributed by atoms with van der Waals surface area (Å²) in [6, 6.07) is 1.68. The van der Waals surface area contributed by atoms with E-state index in [1.807, 2.05) is 0 Å². The molecule has 0 spiro atoms. The van der Waals surface area contributed by atoms with Crippen LogP contribution in [0.25, 0.3) is 11.0 Å². The van der Waals surface area contributed by atoms with E-state index in [4.69, 9.17) is 5.73 Å². The summed E-state index contributed by atoms with van der Waals surface area (Å²) in [4.78, 5) is 46.8. The lowest BCUT2D eigenvalue weighted by Crippen LogP contribution is -2.71. The van der Waals surface area contributed by atoms with Crippen molar-refractivity contribution in [3.05, 3.63) is 53.0 Å². The maximum atomic E-state index is 12.9. The van der Waals surface area contributed by atoms with Gasteiger partial charge in [0.1, 0.15) is 22.8 Å². The Hall–Kier alpha value is -4.57. The largest absolute Gasteiger partial charge is 0.504 e. The highest BCUT2D eigenvalue weighted by Crippen LogP contribution is 2.40. The summed E-state index contributed by atoms with van der Waals surface area (Å²) in [7, 11) is 0. The molecule has 4 heterocycles. The van der Waals surface area contributed by atoms with Crippen LogP contribution in [0.2, 0.25) is 0 Å². The fraction of sp³-hybridized carbons (Fsp3) is 0.182. The van der Waals surface area contributed by atoms with Crippen LogP contribution in [0.5, 0.6) is 11.5 Å². The van der Waals surface area contributed by atoms with Crippen molar-refractivity contribution in [2.75, 3.05) is 11.5 Å². The van der Waals surface area contributed by atoms with Crippen molar-refractivity contribution in [1.29, 1.82) is 0 Å². The molecule has 2 atom stereocenters. The molecule has 2 amide bonds. The minimum Gasteiger partial charge on any atom is -0.504 e. The van der Waals surface area contributed by atoms with Gasteiger partial charge in [-0.3, -0.25) is 14.5 Å². The molecule has 0 aliphatic carbocycles. The van der Waals surface area contributed by atoms with E-state index in [2.05, 4.69) is 20.4 Å². The molecule has 3 aromatic rings. The molecular weight excluding hydrogens is 538 g/mol. The smallest absolute Gasteiger partial charge is 0.352 e. The summed E-state index contributed by atoms with van der Waals surface area (Å²) >= 11 is 2.32. The van der Waals surface area contributed by atoms with Crippen LogP contribution in [0.1, 0.15) is 5.69 Å². The average molecular weight is 558 g/mol. The number of oxime groups is 1. The fourth-order valence-corrected chi connectivity index (χ4v) is 5.99. The minimum atomic E-state index is -1.29. The number of fused-ring (bicyclic) bond motifs is 2. The number of thiazole rings is 1. The van der Waals surface area contributed by atoms with Gasteiger partial charge in [0, 0.05) is 29.8 Å². The van der Waals surface area contributed by atoms with Gasteiger partial charge in [-0.25, -0.2) is 14.8 Å². The molecule has 0 radical (unpaired) electrons. The first kappa shape index (κ1) is 25.1. The molecule has 2 aromatic heterocycles. The Morgan fingerprint density at radius 1 is 1.29 bits per heavy atom. The molecule has 1 saturated heterocycles. The number of phenolic OH excluding ortho intramolecular Hbond substituents is 2. The molecule has 5 rings (SSSR count). The number of aromatic nitrogens is 3. The van der Waals surface area contributed by atoms with Gasteiger partial charge >= 0.3 is 5.97 Å². The number of carboxylic acid groups (broad SMARTS) is 1. The third-order valence-electron chi connectivity index (χ3n) is 5.91. The fourth-order valence-electron chi connectivity index (χ4n) is 4.13. The van der Waals surface area contributed by atoms with E-state index in [1.165, 1.54) is 35.6 Å². The van der Waals surface area contributed by atoms with E-state index in [-0.39, 0.29) is 40.3 Å². The van der Waals surface area contributed by atoms with Gasteiger partial charge in [0.25, 0.3) is 11.8 Å². The number of β-lactam (4-membered cyclic amide) rings is 1. The van der Waals surface area contributed by atoms with Crippen molar-refractivity contribution in [2.24, 2.45) is 5.16 Å². The minimum absolute atomic E-state index is 0.0451. The maximum Gasteiger partial charge on any atom is 0.352 e. The summed E-state index contributed by atoms with van der Waals surface area (Å²) in [5.74, 6) is -3.09. The average Bonchev–Trinajstić information content (AvgIpc) is 3.48. The summed E-state index contributed by atoms with van der Waals surface area (Å²) < 4.78 is 1.70. The van der Waals surface area contributed by atoms with Crippen molar-refractivity contribution >= 4 is 62.8 Å². The number of nitrogens with one attached hydrogen (secondary N) is 1. The van der Waals surface area contributed by atoms with E-state index in [9.17, 15) is 34.9 Å². The normalized spacial score (nSPS) is 19.6. The van der Waals surface area contributed by atoms with Crippen molar-refractivity contribution in [1.82, 2.24) is 24.8 Å². The Morgan fingerprint density at radius 2 is 2.05 bits per heavy atom. The van der Waals surface area contributed by atoms with Crippen LogP contribution in [-0.2, 0) is 20.9 Å². The van der Waals surface area contributed by atoms with Crippen molar-refractivity contribution < 1.29 is 34.9 Å². The number of nitrogen functional groups attached to an aromatic ring is 1. The standard InChI is InChI=1S/C22H19N7O7S2/c23-22-25-11(7-38-22)15(27-36)18(32)26-16-19(33)29-17(21(34)35)9(6-37-20(16)29)2-1-3-28-8-24-10-4-13(30)14(31)5-12(10)28/h1-2,4-5,7-8,16,20,30-31,36H,3,6H2,(H2,23,25)(H,26,32)(H,34,35)/b2-1+,27-15-. The lowest BCUT2D eigenvalue weighted by Gasteiger charge is -2.49. The topological polar surface area (TPSA) is 216 Å². The van der Waals surface area contributed by atoms with Crippen molar-refractivity contribution in [3.8, 4) is 11.5 Å². The molecule has 1 fully saturated rings. The first-order valence-electron chi connectivity index (χ1n) is 10.9. The molecule has 2 aliphatic rings. The number of carbonyl (C=O) groups excluding carboxylic acids is 2. The Kier molecular flexibility index (Phi) is 6.41. The van der Waals surface area contributed by atoms with E-state index in [1.54, 1.807) is 16.7 Å². The monoisotopic (exact) mass is 557 g/mol. The molecule has 0 saturated carbocycles. The van der Waals surface area contributed by atoms with E-state index in [0.29, 0.717) is 16.6 Å². The number of carboxylic acids is 1. The number of phenols is 2. The molecule has 38 heavy (non-hydrogen) atoms. The van der Waals surface area contributed by atoms with E-state index < -0.39 is 34.9 Å². The molecule has 196 valence electrons. The zero-order chi connectivity index (χ0) is 27.1. The Labute approximate surface area is 221 Å². The Bertz CT molecular complexity index is 1570. The van der Waals surface area contributed by atoms with Gasteiger partial charge in [-0.05, 0) is 5.57 Å². The number of nitrogens with zero attached hydrogens (tertiary/aromatic N) is 5. The SMILES string of the molecule is Nc1nc(/C(=N/O)C(=O)NC2C(=O)N3C(C(=O)O)=C(/C=C/Cn4cnc5cc(O)c(O)cc54)CSC23)cs1. The molecule has 7 N–H and O–H groups in total. The van der Waals surface area contributed by atoms with Crippen molar-refractivity contribution in [3.63, 3.8) is 0 Å². The molecule has 1 aromatic carbocycles. The van der Waals surface area contributed by atoms with Gasteiger partial charge in [0.2, 0.25) is 0 Å². The quantitative estimate of drug-likeness (QED) is 0.0779. The lowest BCUT2D eigenvalue weighted by atomic mass is 10.0. The van der Waals surface area contributed by atoms with Crippen LogP contribution in [0.15, 0.2) is 52.4 Å². The highest BCUT2D eigenvalue weighted by molar-refractivity contribution is 8.00. The number of rotatable bonds is 7. The summed E-state index contributed by atoms with van der Waals surface area (Å²) in [6.45, 7) is 0.280. The van der Waals surface area contributed by atoms with Crippen LogP contribution in [0.4, 0.5) is 5.13 Å². The van der Waals surface area contributed by atoms with Crippen LogP contribution >= 0.6 is 23.1 Å². The van der Waals surface area contributed by atoms with Crippen LogP contribution in [0, 0.1) is 0 Å². The predicted octanol–water partition coefficient (Wildman–Crippen LogP) is 0.660. The van der Waals surface area contributed by atoms with Crippen LogP contribution in [0.3, 0.4) is 0 Å². The van der Waals surface area contributed by atoms with E-state index >= 15 is 0 Å². The highest BCUT2D eigenvalue weighted by atomic mass is 32.2. The maximum absolute atomic E-state index is 12.9. The summed E-state index contributed by atoms with van der Waals surface area (Å²) in [5.41, 5.74) is 6.44. The number of aliphatic carboxylic acids is 1. The van der Waals surface area contributed by atoms with E-state index in [0.717, 1.165) is 16.2 Å². The zero-order valence-corrected chi connectivity index (χ0v) is 20.8. The van der Waals surface area contributed by atoms with Gasteiger partial charge in [-0.2, -0.15) is 0 Å². The number of aromatic hydroxyl groups is 2. The Balaban J connectivity index is 1.32. The number of benzene rings is 1. The van der Waals surface area contributed by atoms with Crippen LogP contribution in [-0.4, -0.2) is 80.6 Å². The number of carbonyl (C=O) groups is 3. The first-order chi connectivity index (χ1) is 18.2. The summed E-state index contributed by atoms with van der Waals surface area (Å²) in [5, 5.41) is 44.9. The number of imidazole rings is 1. The second-order valence-electron chi connectivity index (χ2n) is 8.19. The molecule has 2 aliphatic heterocycles. The molecule has 0 bridgehead atoms. The van der Waals surface area contributed by atoms with Crippen LogP contribution < -0.4 is 11.1 Å². The van der Waals surface area contributed by atoms with Gasteiger partial charge in [-0.15, -0.1) is 23.1 Å². The van der Waals surface area contributed by atoms with Gasteiger partial charge in [-0.1, -0.05) is 17.3 Å². The third-order valence-corrected chi connectivity index (χ3v) is 7.88. The molecule has 14 nitrogen and oxygen atoms in total. The predicted molar refractivity (Wildman–Crippen MR) is 137 cm³/mol. The lowest BCUT2D eigenvalue weighted by molar-refractivity contribution is -0.150. The molecular formula is C22H19N7O7S2. The Morgan fingerprint density at radius 3 is 2.74 bits per heavy atom. The number of anilines is 1. The zero-order valence-electron chi connectivity index (χ0n) is 19.2. The van der Waals surface area contributed by atoms with Gasteiger partial charge in [0.05, 0.1) is 17.4 Å². The second-order valence-corrected chi connectivity index (χ2v) is 10.2. The number of amides is 2.